The third kappa shape index (κ3) is 2.95. The van der Waals surface area contributed by atoms with Gasteiger partial charge in [-0.1, -0.05) is 46.9 Å². The molecule has 0 radical (unpaired) electrons. The van der Waals surface area contributed by atoms with Gasteiger partial charge in [0, 0.05) is 10.7 Å². The maximum atomic E-state index is 12.3. The van der Waals surface area contributed by atoms with E-state index in [0.29, 0.717) is 20.8 Å². The fourth-order valence-electron chi connectivity index (χ4n) is 2.35. The minimum absolute atomic E-state index is 0.0565. The van der Waals surface area contributed by atoms with Crippen LogP contribution in [-0.2, 0) is 4.79 Å². The van der Waals surface area contributed by atoms with Gasteiger partial charge in [0.2, 0.25) is 5.91 Å². The predicted octanol–water partition coefficient (Wildman–Crippen LogP) is 5.73. The maximum absolute atomic E-state index is 12.3. The number of carbonyl (C=O) groups is 1. The van der Waals surface area contributed by atoms with Crippen LogP contribution in [0.5, 0.6) is 0 Å². The largest absolute Gasteiger partial charge is 0.295 e. The summed E-state index contributed by atoms with van der Waals surface area (Å²) in [5.74, 6) is 0.483. The van der Waals surface area contributed by atoms with Gasteiger partial charge >= 0.3 is 0 Å². The molecule has 1 atom stereocenters. The molecule has 3 rings (SSSR count). The van der Waals surface area contributed by atoms with Gasteiger partial charge in [-0.3, -0.25) is 9.69 Å². The summed E-state index contributed by atoms with van der Waals surface area (Å²) in [6.07, 6.45) is 0. The van der Waals surface area contributed by atoms with E-state index in [1.165, 1.54) is 0 Å². The van der Waals surface area contributed by atoms with Gasteiger partial charge in [-0.15, -0.1) is 11.8 Å². The Labute approximate surface area is 148 Å². The second-order valence-electron chi connectivity index (χ2n) is 5.03. The Balaban J connectivity index is 2.01. The van der Waals surface area contributed by atoms with Crippen molar-refractivity contribution in [1.29, 1.82) is 0 Å². The molecule has 0 aromatic heterocycles. The Bertz CT molecular complexity index is 750. The lowest BCUT2D eigenvalue weighted by Crippen LogP contribution is -2.27. The number of benzene rings is 2. The van der Waals surface area contributed by atoms with Crippen LogP contribution in [0.15, 0.2) is 36.4 Å². The standard InChI is InChI=1S/C16H12Cl3NOS/c1-9-2-4-11(7-13(9)18)20-15(21)8-22-16(20)10-3-5-12(17)14(19)6-10/h2-7,16H,8H2,1H3. The number of rotatable bonds is 2. The zero-order valence-corrected chi connectivity index (χ0v) is 14.7. The SMILES string of the molecule is Cc1ccc(N2C(=O)CSC2c2ccc(Cl)c(Cl)c2)cc1Cl. The van der Waals surface area contributed by atoms with Crippen molar-refractivity contribution < 1.29 is 4.79 Å². The van der Waals surface area contributed by atoms with Gasteiger partial charge in [0.1, 0.15) is 5.37 Å². The predicted molar refractivity (Wildman–Crippen MR) is 95.3 cm³/mol. The lowest BCUT2D eigenvalue weighted by atomic mass is 10.1. The quantitative estimate of drug-likeness (QED) is 0.670. The molecule has 6 heteroatoms. The Morgan fingerprint density at radius 3 is 2.50 bits per heavy atom. The van der Waals surface area contributed by atoms with E-state index in [0.717, 1.165) is 16.8 Å². The Morgan fingerprint density at radius 1 is 1.05 bits per heavy atom. The van der Waals surface area contributed by atoms with Gasteiger partial charge in [-0.05, 0) is 42.3 Å². The van der Waals surface area contributed by atoms with Crippen LogP contribution in [-0.4, -0.2) is 11.7 Å². The first-order valence-electron chi connectivity index (χ1n) is 6.62. The Morgan fingerprint density at radius 2 is 1.82 bits per heavy atom. The molecular formula is C16H12Cl3NOS. The third-order valence-electron chi connectivity index (χ3n) is 3.53. The van der Waals surface area contributed by atoms with Gasteiger partial charge in [-0.25, -0.2) is 0 Å². The minimum Gasteiger partial charge on any atom is -0.295 e. The highest BCUT2D eigenvalue weighted by Crippen LogP contribution is 2.43. The molecule has 0 saturated carbocycles. The first-order valence-corrected chi connectivity index (χ1v) is 8.80. The molecule has 1 fully saturated rings. The van der Waals surface area contributed by atoms with Crippen molar-refractivity contribution in [2.24, 2.45) is 0 Å². The summed E-state index contributed by atoms with van der Waals surface area (Å²) in [6.45, 7) is 1.93. The van der Waals surface area contributed by atoms with Gasteiger partial charge < -0.3 is 0 Å². The highest BCUT2D eigenvalue weighted by Gasteiger charge is 2.34. The molecular weight excluding hydrogens is 361 g/mol. The van der Waals surface area contributed by atoms with Crippen molar-refractivity contribution in [1.82, 2.24) is 0 Å². The minimum atomic E-state index is -0.124. The molecule has 1 amide bonds. The van der Waals surface area contributed by atoms with E-state index < -0.39 is 0 Å². The number of anilines is 1. The third-order valence-corrected chi connectivity index (χ3v) is 5.89. The molecule has 2 aromatic carbocycles. The van der Waals surface area contributed by atoms with Crippen molar-refractivity contribution in [3.05, 3.63) is 62.6 Å². The summed E-state index contributed by atoms with van der Waals surface area (Å²) in [4.78, 5) is 14.1. The number of hydrogen-bond donors (Lipinski definition) is 0. The average Bonchev–Trinajstić information content (AvgIpc) is 2.87. The van der Waals surface area contributed by atoms with Gasteiger partial charge in [0.05, 0.1) is 15.8 Å². The number of nitrogens with zero attached hydrogens (tertiary/aromatic N) is 1. The van der Waals surface area contributed by atoms with E-state index in [-0.39, 0.29) is 11.3 Å². The van der Waals surface area contributed by atoms with Gasteiger partial charge in [-0.2, -0.15) is 0 Å². The summed E-state index contributed by atoms with van der Waals surface area (Å²) >= 11 is 19.8. The van der Waals surface area contributed by atoms with E-state index >= 15 is 0 Å². The molecule has 22 heavy (non-hydrogen) atoms. The zero-order chi connectivity index (χ0) is 15.9. The first-order chi connectivity index (χ1) is 10.5. The van der Waals surface area contributed by atoms with Crippen LogP contribution in [0.4, 0.5) is 5.69 Å². The molecule has 1 heterocycles. The van der Waals surface area contributed by atoms with Crippen LogP contribution in [0, 0.1) is 6.92 Å². The molecule has 114 valence electrons. The zero-order valence-electron chi connectivity index (χ0n) is 11.6. The number of amides is 1. The van der Waals surface area contributed by atoms with Crippen LogP contribution in [0.25, 0.3) is 0 Å². The average molecular weight is 373 g/mol. The lowest BCUT2D eigenvalue weighted by Gasteiger charge is -2.25. The van der Waals surface area contributed by atoms with Crippen LogP contribution in [0.3, 0.4) is 0 Å². The normalized spacial score (nSPS) is 18.1. The summed E-state index contributed by atoms with van der Waals surface area (Å²) in [5, 5.41) is 1.52. The van der Waals surface area contributed by atoms with Crippen molar-refractivity contribution in [3.8, 4) is 0 Å². The van der Waals surface area contributed by atoms with Gasteiger partial charge in [0.25, 0.3) is 0 Å². The summed E-state index contributed by atoms with van der Waals surface area (Å²) < 4.78 is 0. The van der Waals surface area contributed by atoms with Crippen molar-refractivity contribution >= 4 is 58.2 Å². The van der Waals surface area contributed by atoms with Crippen molar-refractivity contribution in [2.75, 3.05) is 10.7 Å². The first kappa shape index (κ1) is 16.0. The highest BCUT2D eigenvalue weighted by atomic mass is 35.5. The highest BCUT2D eigenvalue weighted by molar-refractivity contribution is 8.00. The Kier molecular flexibility index (Phi) is 4.60. The molecule has 1 saturated heterocycles. The van der Waals surface area contributed by atoms with Crippen LogP contribution in [0.1, 0.15) is 16.5 Å². The van der Waals surface area contributed by atoms with Crippen molar-refractivity contribution in [2.45, 2.75) is 12.3 Å². The Hall–Kier alpha value is -0.870. The summed E-state index contributed by atoms with van der Waals surface area (Å²) in [5.41, 5.74) is 2.72. The van der Waals surface area contributed by atoms with E-state index in [4.69, 9.17) is 34.8 Å². The molecule has 2 nitrogen and oxygen atoms in total. The number of halogens is 3. The maximum Gasteiger partial charge on any atom is 0.238 e. The smallest absolute Gasteiger partial charge is 0.238 e. The fourth-order valence-corrected chi connectivity index (χ4v) is 4.00. The molecule has 0 aliphatic carbocycles. The fraction of sp³-hybridized carbons (Fsp3) is 0.188. The number of carbonyl (C=O) groups excluding carboxylic acids is 1. The van der Waals surface area contributed by atoms with Crippen LogP contribution in [0.2, 0.25) is 15.1 Å². The molecule has 0 bridgehead atoms. The second kappa shape index (κ2) is 6.32. The topological polar surface area (TPSA) is 20.3 Å². The van der Waals surface area contributed by atoms with E-state index in [1.54, 1.807) is 22.7 Å². The molecule has 0 spiro atoms. The molecule has 1 aliphatic heterocycles. The van der Waals surface area contributed by atoms with E-state index in [2.05, 4.69) is 0 Å². The molecule has 1 unspecified atom stereocenters. The lowest BCUT2D eigenvalue weighted by molar-refractivity contribution is -0.115. The van der Waals surface area contributed by atoms with Gasteiger partial charge in [0.15, 0.2) is 0 Å². The van der Waals surface area contributed by atoms with Crippen LogP contribution >= 0.6 is 46.6 Å². The van der Waals surface area contributed by atoms with E-state index in [9.17, 15) is 4.79 Å². The molecule has 1 aliphatic rings. The van der Waals surface area contributed by atoms with Crippen LogP contribution < -0.4 is 4.90 Å². The summed E-state index contributed by atoms with van der Waals surface area (Å²) in [7, 11) is 0. The number of aryl methyl sites for hydroxylation is 1. The molecule has 2 aromatic rings. The van der Waals surface area contributed by atoms with E-state index in [1.807, 2.05) is 37.3 Å². The second-order valence-corrected chi connectivity index (χ2v) is 7.32. The number of hydrogen-bond acceptors (Lipinski definition) is 2. The molecule has 0 N–H and O–H groups in total. The monoisotopic (exact) mass is 371 g/mol. The van der Waals surface area contributed by atoms with Crippen molar-refractivity contribution in [3.63, 3.8) is 0 Å². The number of thioether (sulfide) groups is 1. The summed E-state index contributed by atoms with van der Waals surface area (Å²) in [6, 6.07) is 11.1.